The van der Waals surface area contributed by atoms with E-state index < -0.39 is 0 Å². The van der Waals surface area contributed by atoms with Gasteiger partial charge in [0.25, 0.3) is 0 Å². The smallest absolute Gasteiger partial charge is 0.236 e. The van der Waals surface area contributed by atoms with E-state index in [1.54, 1.807) is 11.8 Å². The first-order chi connectivity index (χ1) is 8.95. The van der Waals surface area contributed by atoms with Crippen LogP contribution in [0.1, 0.15) is 38.0 Å². The Balaban J connectivity index is 1.88. The first-order valence-electron chi connectivity index (χ1n) is 6.10. The lowest BCUT2D eigenvalue weighted by molar-refractivity contribution is 0.373. The predicted molar refractivity (Wildman–Crippen MR) is 82.1 cm³/mol. The lowest BCUT2D eigenvalue weighted by Crippen LogP contribution is -2.13. The average Bonchev–Trinajstić information content (AvgIpc) is 2.77. The van der Waals surface area contributed by atoms with Gasteiger partial charge in [-0.25, -0.2) is 0 Å². The maximum Gasteiger partial charge on any atom is 0.236 e. The summed E-state index contributed by atoms with van der Waals surface area (Å²) in [7, 11) is 0. The predicted octanol–water partition coefficient (Wildman–Crippen LogP) is 4.56. The molecule has 1 heterocycles. The number of halogens is 1. The third-order valence-corrected chi connectivity index (χ3v) is 4.00. The van der Waals surface area contributed by atoms with Crippen LogP contribution in [0.3, 0.4) is 0 Å². The fourth-order valence-corrected chi connectivity index (χ4v) is 2.76. The SMILES string of the molecule is CC(C)(C)c1noc(CSCc2cccc(Br)c2)n1. The van der Waals surface area contributed by atoms with Crippen molar-refractivity contribution in [2.45, 2.75) is 37.7 Å². The first kappa shape index (κ1) is 14.6. The summed E-state index contributed by atoms with van der Waals surface area (Å²) in [5.74, 6) is 3.15. The molecule has 0 radical (unpaired) electrons. The molecule has 1 aromatic heterocycles. The van der Waals surface area contributed by atoms with Crippen LogP contribution >= 0.6 is 27.7 Å². The second kappa shape index (κ2) is 6.09. The van der Waals surface area contributed by atoms with Crippen molar-refractivity contribution in [2.75, 3.05) is 0 Å². The lowest BCUT2D eigenvalue weighted by atomic mass is 9.96. The highest BCUT2D eigenvalue weighted by molar-refractivity contribution is 9.10. The summed E-state index contributed by atoms with van der Waals surface area (Å²) < 4.78 is 6.37. The van der Waals surface area contributed by atoms with Gasteiger partial charge in [-0.05, 0) is 17.7 Å². The summed E-state index contributed by atoms with van der Waals surface area (Å²) in [6.07, 6.45) is 0. The van der Waals surface area contributed by atoms with Gasteiger partial charge in [0.05, 0.1) is 5.75 Å². The van der Waals surface area contributed by atoms with E-state index in [-0.39, 0.29) is 5.41 Å². The van der Waals surface area contributed by atoms with E-state index in [9.17, 15) is 0 Å². The van der Waals surface area contributed by atoms with E-state index in [0.29, 0.717) is 5.89 Å². The molecule has 0 aliphatic carbocycles. The van der Waals surface area contributed by atoms with Crippen LogP contribution in [0, 0.1) is 0 Å². The molecule has 1 aromatic carbocycles. The fraction of sp³-hybridized carbons (Fsp3) is 0.429. The van der Waals surface area contributed by atoms with Crippen molar-refractivity contribution < 1.29 is 4.52 Å². The van der Waals surface area contributed by atoms with Crippen LogP contribution < -0.4 is 0 Å². The average molecular weight is 341 g/mol. The van der Waals surface area contributed by atoms with Crippen LogP contribution in [0.25, 0.3) is 0 Å². The Bertz CT molecular complexity index is 548. The van der Waals surface area contributed by atoms with Crippen LogP contribution in [0.4, 0.5) is 0 Å². The van der Waals surface area contributed by atoms with E-state index in [4.69, 9.17) is 4.52 Å². The zero-order valence-electron chi connectivity index (χ0n) is 11.3. The molecule has 2 rings (SSSR count). The summed E-state index contributed by atoms with van der Waals surface area (Å²) in [6.45, 7) is 6.24. The molecule has 0 N–H and O–H groups in total. The second-order valence-electron chi connectivity index (χ2n) is 5.38. The van der Waals surface area contributed by atoms with Gasteiger partial charge in [0.2, 0.25) is 5.89 Å². The first-order valence-corrected chi connectivity index (χ1v) is 8.05. The Kier molecular flexibility index (Phi) is 4.68. The minimum atomic E-state index is -0.0588. The molecule has 0 bridgehead atoms. The van der Waals surface area contributed by atoms with Crippen molar-refractivity contribution >= 4 is 27.7 Å². The minimum Gasteiger partial charge on any atom is -0.338 e. The maximum absolute atomic E-state index is 5.26. The monoisotopic (exact) mass is 340 g/mol. The number of hydrogen-bond donors (Lipinski definition) is 0. The van der Waals surface area contributed by atoms with E-state index in [2.05, 4.69) is 59.0 Å². The van der Waals surface area contributed by atoms with Crippen molar-refractivity contribution in [3.05, 3.63) is 46.0 Å². The molecule has 0 atom stereocenters. The molecule has 0 aliphatic rings. The number of aromatic nitrogens is 2. The van der Waals surface area contributed by atoms with Gasteiger partial charge in [0, 0.05) is 15.6 Å². The van der Waals surface area contributed by atoms with Crippen molar-refractivity contribution in [3.8, 4) is 0 Å². The summed E-state index contributed by atoms with van der Waals surface area (Å²) >= 11 is 5.25. The van der Waals surface area contributed by atoms with Gasteiger partial charge in [-0.1, -0.05) is 54.0 Å². The zero-order valence-corrected chi connectivity index (χ0v) is 13.7. The maximum atomic E-state index is 5.26. The lowest BCUT2D eigenvalue weighted by Gasteiger charge is -2.10. The van der Waals surface area contributed by atoms with E-state index in [0.717, 1.165) is 21.8 Å². The summed E-state index contributed by atoms with van der Waals surface area (Å²) in [5.41, 5.74) is 1.23. The standard InChI is InChI=1S/C14H17BrN2OS/c1-14(2,3)13-16-12(18-17-13)9-19-8-10-5-4-6-11(15)7-10/h4-7H,8-9H2,1-3H3. The van der Waals surface area contributed by atoms with Crippen molar-refractivity contribution in [2.24, 2.45) is 0 Å². The Hall–Kier alpha value is -0.810. The molecule has 0 saturated heterocycles. The fourth-order valence-electron chi connectivity index (χ4n) is 1.50. The van der Waals surface area contributed by atoms with E-state index >= 15 is 0 Å². The molecular formula is C14H17BrN2OS. The summed E-state index contributed by atoms with van der Waals surface area (Å²) in [5, 5.41) is 4.02. The molecule has 19 heavy (non-hydrogen) atoms. The topological polar surface area (TPSA) is 38.9 Å². The highest BCUT2D eigenvalue weighted by atomic mass is 79.9. The van der Waals surface area contributed by atoms with Gasteiger partial charge in [-0.3, -0.25) is 0 Å². The molecule has 0 fully saturated rings. The van der Waals surface area contributed by atoms with Crippen molar-refractivity contribution in [1.29, 1.82) is 0 Å². The van der Waals surface area contributed by atoms with Crippen LogP contribution in [0.2, 0.25) is 0 Å². The number of rotatable bonds is 4. The Labute approximate surface area is 126 Å². The number of benzene rings is 1. The normalized spacial score (nSPS) is 11.8. The summed E-state index contributed by atoms with van der Waals surface area (Å²) in [6, 6.07) is 8.32. The van der Waals surface area contributed by atoms with Crippen LogP contribution in [-0.4, -0.2) is 10.1 Å². The molecule has 3 nitrogen and oxygen atoms in total. The molecule has 0 aliphatic heterocycles. The second-order valence-corrected chi connectivity index (χ2v) is 7.29. The molecule has 0 spiro atoms. The van der Waals surface area contributed by atoms with Crippen molar-refractivity contribution in [1.82, 2.24) is 10.1 Å². The van der Waals surface area contributed by atoms with E-state index in [1.165, 1.54) is 5.56 Å². The van der Waals surface area contributed by atoms with Gasteiger partial charge in [-0.15, -0.1) is 11.8 Å². The third-order valence-electron chi connectivity index (χ3n) is 2.52. The zero-order chi connectivity index (χ0) is 13.9. The van der Waals surface area contributed by atoms with Crippen LogP contribution in [-0.2, 0) is 16.9 Å². The Morgan fingerprint density at radius 2 is 2.05 bits per heavy atom. The molecule has 0 unspecified atom stereocenters. The molecule has 0 amide bonds. The van der Waals surface area contributed by atoms with Crippen LogP contribution in [0.5, 0.6) is 0 Å². The molecule has 102 valence electrons. The largest absolute Gasteiger partial charge is 0.338 e. The van der Waals surface area contributed by atoms with Gasteiger partial charge < -0.3 is 4.52 Å². The summed E-state index contributed by atoms with van der Waals surface area (Å²) in [4.78, 5) is 4.42. The molecular weight excluding hydrogens is 324 g/mol. The molecule has 5 heteroatoms. The van der Waals surface area contributed by atoms with Gasteiger partial charge in [0.15, 0.2) is 5.82 Å². The number of hydrogen-bond acceptors (Lipinski definition) is 4. The number of nitrogens with zero attached hydrogens (tertiary/aromatic N) is 2. The number of thioether (sulfide) groups is 1. The van der Waals surface area contributed by atoms with E-state index in [1.807, 2.05) is 12.1 Å². The van der Waals surface area contributed by atoms with Gasteiger partial charge in [0.1, 0.15) is 0 Å². The Morgan fingerprint density at radius 1 is 1.26 bits per heavy atom. The minimum absolute atomic E-state index is 0.0588. The highest BCUT2D eigenvalue weighted by Crippen LogP contribution is 2.22. The Morgan fingerprint density at radius 3 is 2.68 bits per heavy atom. The third kappa shape index (κ3) is 4.35. The molecule has 2 aromatic rings. The van der Waals surface area contributed by atoms with Gasteiger partial charge >= 0.3 is 0 Å². The molecule has 0 saturated carbocycles. The van der Waals surface area contributed by atoms with Gasteiger partial charge in [-0.2, -0.15) is 4.98 Å². The van der Waals surface area contributed by atoms with Crippen LogP contribution in [0.15, 0.2) is 33.3 Å². The highest BCUT2D eigenvalue weighted by Gasteiger charge is 2.20. The quantitative estimate of drug-likeness (QED) is 0.817. The van der Waals surface area contributed by atoms with Crippen molar-refractivity contribution in [3.63, 3.8) is 0 Å².